The molecule has 0 spiro atoms. The van der Waals surface area contributed by atoms with Crippen molar-refractivity contribution in [2.24, 2.45) is 10.1 Å². The molecule has 8 heteroatoms. The highest BCUT2D eigenvalue weighted by atomic mass is 35.5. The van der Waals surface area contributed by atoms with Gasteiger partial charge in [0.15, 0.2) is 5.84 Å². The summed E-state index contributed by atoms with van der Waals surface area (Å²) in [6.07, 6.45) is 1.50. The standard InChI is InChI=1S/C18H10ClFN4OS/c19-14-4-2-1-3-12(14)17-23-24-15(21)13(16(25)22-18(24)26-17)9-10-5-7-11(20)8-6-10/h1-9,21H. The van der Waals surface area contributed by atoms with Gasteiger partial charge in [0.1, 0.15) is 10.9 Å². The number of nitrogens with one attached hydrogen (secondary N) is 1. The van der Waals surface area contributed by atoms with Crippen molar-refractivity contribution in [3.8, 4) is 0 Å². The first-order valence-electron chi connectivity index (χ1n) is 7.53. The molecule has 0 saturated heterocycles. The molecule has 0 saturated carbocycles. The highest BCUT2D eigenvalue weighted by molar-refractivity contribution is 8.27. The normalized spacial score (nSPS) is 18.1. The molecule has 26 heavy (non-hydrogen) atoms. The number of rotatable bonds is 2. The van der Waals surface area contributed by atoms with Crippen molar-refractivity contribution < 1.29 is 9.18 Å². The number of amides is 1. The third-order valence-electron chi connectivity index (χ3n) is 3.74. The van der Waals surface area contributed by atoms with Crippen LogP contribution in [0.1, 0.15) is 11.1 Å². The fourth-order valence-corrected chi connectivity index (χ4v) is 3.67. The van der Waals surface area contributed by atoms with E-state index in [1.54, 1.807) is 6.07 Å². The number of hydrogen-bond donors (Lipinski definition) is 1. The average Bonchev–Trinajstić information content (AvgIpc) is 3.04. The lowest BCUT2D eigenvalue weighted by Crippen LogP contribution is -2.35. The molecule has 1 amide bonds. The molecule has 0 atom stereocenters. The van der Waals surface area contributed by atoms with Crippen LogP contribution < -0.4 is 0 Å². The van der Waals surface area contributed by atoms with E-state index in [2.05, 4.69) is 10.1 Å². The molecule has 2 aliphatic rings. The van der Waals surface area contributed by atoms with E-state index >= 15 is 0 Å². The highest BCUT2D eigenvalue weighted by Gasteiger charge is 2.36. The predicted octanol–water partition coefficient (Wildman–Crippen LogP) is 4.15. The number of halogens is 2. The van der Waals surface area contributed by atoms with E-state index in [9.17, 15) is 9.18 Å². The van der Waals surface area contributed by atoms with E-state index in [-0.39, 0.29) is 17.2 Å². The Balaban J connectivity index is 1.70. The molecule has 2 aromatic rings. The molecule has 0 unspecified atom stereocenters. The average molecular weight is 385 g/mol. The van der Waals surface area contributed by atoms with E-state index < -0.39 is 5.91 Å². The highest BCUT2D eigenvalue weighted by Crippen LogP contribution is 2.32. The number of hydrazone groups is 1. The van der Waals surface area contributed by atoms with Gasteiger partial charge in [0.25, 0.3) is 5.91 Å². The number of thioether (sulfide) groups is 1. The largest absolute Gasteiger partial charge is 0.283 e. The summed E-state index contributed by atoms with van der Waals surface area (Å²) in [6.45, 7) is 0. The molecule has 1 N–H and O–H groups in total. The Kier molecular flexibility index (Phi) is 4.18. The van der Waals surface area contributed by atoms with Gasteiger partial charge in [-0.15, -0.1) is 0 Å². The molecule has 2 aromatic carbocycles. The van der Waals surface area contributed by atoms with Gasteiger partial charge in [0, 0.05) is 5.56 Å². The fraction of sp³-hybridized carbons (Fsp3) is 0. The number of amidine groups is 2. The van der Waals surface area contributed by atoms with Crippen molar-refractivity contribution in [1.82, 2.24) is 5.01 Å². The number of fused-ring (bicyclic) bond motifs is 1. The SMILES string of the molecule is N=C1C(=Cc2ccc(F)cc2)C(=O)N=C2SC(c3ccccc3Cl)=NN12. The van der Waals surface area contributed by atoms with Crippen LogP contribution >= 0.6 is 23.4 Å². The van der Waals surface area contributed by atoms with E-state index in [1.165, 1.54) is 47.1 Å². The molecule has 0 bridgehead atoms. The number of aliphatic imine (C=N–C) groups is 1. The predicted molar refractivity (Wildman–Crippen MR) is 102 cm³/mol. The maximum Gasteiger partial charge on any atom is 0.283 e. The number of carbonyl (C=O) groups is 1. The van der Waals surface area contributed by atoms with Gasteiger partial charge in [-0.1, -0.05) is 41.9 Å². The number of benzene rings is 2. The van der Waals surface area contributed by atoms with Crippen molar-refractivity contribution in [1.29, 1.82) is 5.41 Å². The van der Waals surface area contributed by atoms with Gasteiger partial charge in [0.05, 0.1) is 10.6 Å². The first-order chi connectivity index (χ1) is 12.5. The van der Waals surface area contributed by atoms with Crippen LogP contribution in [0.3, 0.4) is 0 Å². The van der Waals surface area contributed by atoms with Crippen molar-refractivity contribution in [2.75, 3.05) is 0 Å². The Morgan fingerprint density at radius 3 is 2.62 bits per heavy atom. The Bertz CT molecular complexity index is 1030. The third-order valence-corrected chi connectivity index (χ3v) is 5.01. The Morgan fingerprint density at radius 2 is 1.88 bits per heavy atom. The van der Waals surface area contributed by atoms with E-state index in [1.807, 2.05) is 18.2 Å². The zero-order chi connectivity index (χ0) is 18.3. The summed E-state index contributed by atoms with van der Waals surface area (Å²) in [4.78, 5) is 16.4. The minimum Gasteiger partial charge on any atom is -0.282 e. The monoisotopic (exact) mass is 384 g/mol. The van der Waals surface area contributed by atoms with Crippen molar-refractivity contribution >= 4 is 51.4 Å². The van der Waals surface area contributed by atoms with Gasteiger partial charge in [-0.3, -0.25) is 10.2 Å². The Labute approximate surface area is 157 Å². The summed E-state index contributed by atoms with van der Waals surface area (Å²) in [5, 5.41) is 15.4. The maximum atomic E-state index is 13.0. The summed E-state index contributed by atoms with van der Waals surface area (Å²) >= 11 is 7.38. The quantitative estimate of drug-likeness (QED) is 0.791. The van der Waals surface area contributed by atoms with Crippen LogP contribution in [-0.2, 0) is 4.79 Å². The third kappa shape index (κ3) is 2.95. The van der Waals surface area contributed by atoms with E-state index in [4.69, 9.17) is 17.0 Å². The second-order valence-electron chi connectivity index (χ2n) is 5.46. The lowest BCUT2D eigenvalue weighted by Gasteiger charge is -2.20. The molecule has 0 aromatic heterocycles. The summed E-state index contributed by atoms with van der Waals surface area (Å²) in [7, 11) is 0. The van der Waals surface area contributed by atoms with Crippen LogP contribution in [0.15, 0.2) is 64.2 Å². The molecule has 0 radical (unpaired) electrons. The van der Waals surface area contributed by atoms with Gasteiger partial charge in [-0.2, -0.15) is 15.1 Å². The molecule has 128 valence electrons. The van der Waals surface area contributed by atoms with Crippen molar-refractivity contribution in [2.45, 2.75) is 0 Å². The summed E-state index contributed by atoms with van der Waals surface area (Å²) in [5.74, 6) is -0.991. The lowest BCUT2D eigenvalue weighted by molar-refractivity contribution is -0.114. The van der Waals surface area contributed by atoms with E-state index in [0.717, 1.165) is 0 Å². The minimum absolute atomic E-state index is 0.0844. The summed E-state index contributed by atoms with van der Waals surface area (Å²) < 4.78 is 13.0. The smallest absolute Gasteiger partial charge is 0.282 e. The van der Waals surface area contributed by atoms with Crippen LogP contribution in [0.2, 0.25) is 5.02 Å². The van der Waals surface area contributed by atoms with Gasteiger partial charge < -0.3 is 0 Å². The molecule has 0 aliphatic carbocycles. The molecule has 5 nitrogen and oxygen atoms in total. The van der Waals surface area contributed by atoms with Crippen molar-refractivity contribution in [3.05, 3.63) is 76.1 Å². The van der Waals surface area contributed by atoms with Gasteiger partial charge in [-0.05, 0) is 41.6 Å². The molecule has 2 aliphatic heterocycles. The summed E-state index contributed by atoms with van der Waals surface area (Å²) in [6, 6.07) is 12.8. The maximum absolute atomic E-state index is 13.0. The number of hydrogen-bond acceptors (Lipinski definition) is 4. The number of nitrogens with zero attached hydrogens (tertiary/aromatic N) is 3. The van der Waals surface area contributed by atoms with Crippen molar-refractivity contribution in [3.63, 3.8) is 0 Å². The first kappa shape index (κ1) is 16.7. The van der Waals surface area contributed by atoms with Crippen LogP contribution in [0.5, 0.6) is 0 Å². The molecule has 0 fully saturated rings. The lowest BCUT2D eigenvalue weighted by atomic mass is 10.1. The van der Waals surface area contributed by atoms with Crippen LogP contribution in [0.4, 0.5) is 4.39 Å². The van der Waals surface area contributed by atoms with Gasteiger partial charge in [-0.25, -0.2) is 4.39 Å². The topological polar surface area (TPSA) is 68.9 Å². The Hall–Kier alpha value is -2.77. The summed E-state index contributed by atoms with van der Waals surface area (Å²) in [5.41, 5.74) is 1.39. The van der Waals surface area contributed by atoms with Gasteiger partial charge in [0.2, 0.25) is 5.17 Å². The second kappa shape index (κ2) is 6.51. The van der Waals surface area contributed by atoms with Crippen LogP contribution in [-0.4, -0.2) is 27.0 Å². The van der Waals surface area contributed by atoms with Gasteiger partial charge >= 0.3 is 0 Å². The van der Waals surface area contributed by atoms with Crippen LogP contribution in [0, 0.1) is 11.2 Å². The first-order valence-corrected chi connectivity index (χ1v) is 8.73. The zero-order valence-electron chi connectivity index (χ0n) is 13.1. The minimum atomic E-state index is -0.534. The fourth-order valence-electron chi connectivity index (χ4n) is 2.46. The molecule has 4 rings (SSSR count). The second-order valence-corrected chi connectivity index (χ2v) is 6.82. The molecular formula is C18H10ClFN4OS. The van der Waals surface area contributed by atoms with Crippen LogP contribution in [0.25, 0.3) is 6.08 Å². The zero-order valence-corrected chi connectivity index (χ0v) is 14.7. The Morgan fingerprint density at radius 1 is 1.15 bits per heavy atom. The molecular weight excluding hydrogens is 375 g/mol. The number of carbonyl (C=O) groups excluding carboxylic acids is 1. The molecule has 2 heterocycles. The van der Waals surface area contributed by atoms with E-state index in [0.29, 0.717) is 26.4 Å².